The van der Waals surface area contributed by atoms with Crippen LogP contribution in [0.15, 0.2) is 6.07 Å². The van der Waals surface area contributed by atoms with Crippen molar-refractivity contribution in [2.45, 2.75) is 52.5 Å². The first-order valence-electron chi connectivity index (χ1n) is 7.00. The van der Waals surface area contributed by atoms with Gasteiger partial charge in [0.2, 0.25) is 0 Å². The Morgan fingerprint density at radius 3 is 2.79 bits per heavy atom. The van der Waals surface area contributed by atoms with Crippen LogP contribution in [0.4, 0.5) is 5.82 Å². The molecule has 0 aliphatic heterocycles. The second-order valence-corrected chi connectivity index (χ2v) is 5.82. The molecule has 104 valence electrons. The molecule has 1 aliphatic carbocycles. The zero-order chi connectivity index (χ0) is 14.0. The average molecular weight is 262 g/mol. The molecule has 0 saturated carbocycles. The minimum Gasteiger partial charge on any atom is -0.478 e. The van der Waals surface area contributed by atoms with Crippen LogP contribution < -0.4 is 5.32 Å². The molecule has 0 bridgehead atoms. The van der Waals surface area contributed by atoms with Gasteiger partial charge in [-0.15, -0.1) is 0 Å². The molecule has 19 heavy (non-hydrogen) atoms. The molecule has 0 radical (unpaired) electrons. The number of rotatable bonds is 5. The van der Waals surface area contributed by atoms with Crippen molar-refractivity contribution in [3.63, 3.8) is 0 Å². The first-order valence-corrected chi connectivity index (χ1v) is 7.00. The minimum atomic E-state index is -0.901. The average Bonchev–Trinajstić information content (AvgIpc) is 2.73. The van der Waals surface area contributed by atoms with Crippen LogP contribution in [0, 0.1) is 5.92 Å². The summed E-state index contributed by atoms with van der Waals surface area (Å²) in [5.74, 6) is 0.202. The molecule has 2 rings (SSSR count). The SMILES string of the molecule is CC(C)CC(C)Nc1nc2c(cc1C(=O)O)CCC2. The molecule has 1 unspecified atom stereocenters. The number of fused-ring (bicyclic) bond motifs is 1. The summed E-state index contributed by atoms with van der Waals surface area (Å²) < 4.78 is 0. The summed E-state index contributed by atoms with van der Waals surface area (Å²) >= 11 is 0. The molecule has 4 heteroatoms. The lowest BCUT2D eigenvalue weighted by Crippen LogP contribution is -2.21. The Morgan fingerprint density at radius 2 is 2.16 bits per heavy atom. The van der Waals surface area contributed by atoms with Gasteiger partial charge in [-0.25, -0.2) is 9.78 Å². The summed E-state index contributed by atoms with van der Waals surface area (Å²) in [7, 11) is 0. The fraction of sp³-hybridized carbons (Fsp3) is 0.600. The molecule has 1 atom stereocenters. The molecule has 1 aliphatic rings. The van der Waals surface area contributed by atoms with E-state index in [1.54, 1.807) is 6.07 Å². The number of pyridine rings is 1. The lowest BCUT2D eigenvalue weighted by Gasteiger charge is -2.18. The van der Waals surface area contributed by atoms with E-state index < -0.39 is 5.97 Å². The van der Waals surface area contributed by atoms with E-state index in [2.05, 4.69) is 31.1 Å². The molecule has 1 aromatic rings. The van der Waals surface area contributed by atoms with E-state index in [9.17, 15) is 9.90 Å². The summed E-state index contributed by atoms with van der Waals surface area (Å²) in [6.07, 6.45) is 3.98. The first kappa shape index (κ1) is 13.8. The van der Waals surface area contributed by atoms with E-state index in [4.69, 9.17) is 0 Å². The zero-order valence-electron chi connectivity index (χ0n) is 11.9. The number of aromatic nitrogens is 1. The van der Waals surface area contributed by atoms with Crippen LogP contribution in [0.3, 0.4) is 0 Å². The number of nitrogens with zero attached hydrogens (tertiary/aromatic N) is 1. The van der Waals surface area contributed by atoms with Crippen molar-refractivity contribution in [2.75, 3.05) is 5.32 Å². The quantitative estimate of drug-likeness (QED) is 0.856. The molecule has 4 nitrogen and oxygen atoms in total. The Bertz CT molecular complexity index is 483. The Labute approximate surface area is 114 Å². The van der Waals surface area contributed by atoms with Gasteiger partial charge in [0, 0.05) is 11.7 Å². The Kier molecular flexibility index (Phi) is 4.08. The van der Waals surface area contributed by atoms with E-state index in [1.165, 1.54) is 0 Å². The number of hydrogen-bond donors (Lipinski definition) is 2. The van der Waals surface area contributed by atoms with Crippen molar-refractivity contribution in [2.24, 2.45) is 5.92 Å². The fourth-order valence-electron chi connectivity index (χ4n) is 2.74. The molecule has 0 saturated heterocycles. The Morgan fingerprint density at radius 1 is 1.42 bits per heavy atom. The number of aryl methyl sites for hydroxylation is 2. The maximum Gasteiger partial charge on any atom is 0.339 e. The standard InChI is InChI=1S/C15H22N2O2/c1-9(2)7-10(3)16-14-12(15(18)19)8-11-5-4-6-13(11)17-14/h8-10H,4-7H2,1-3H3,(H,16,17)(H,18,19). The highest BCUT2D eigenvalue weighted by molar-refractivity contribution is 5.93. The fourth-order valence-corrected chi connectivity index (χ4v) is 2.74. The zero-order valence-corrected chi connectivity index (χ0v) is 11.9. The smallest absolute Gasteiger partial charge is 0.339 e. The number of anilines is 1. The number of hydrogen-bond acceptors (Lipinski definition) is 3. The van der Waals surface area contributed by atoms with Gasteiger partial charge in [0.05, 0.1) is 0 Å². The van der Waals surface area contributed by atoms with Gasteiger partial charge < -0.3 is 10.4 Å². The second-order valence-electron chi connectivity index (χ2n) is 5.82. The first-order chi connectivity index (χ1) is 8.97. The molecule has 0 amide bonds. The number of nitrogens with one attached hydrogen (secondary N) is 1. The molecule has 2 N–H and O–H groups in total. The van der Waals surface area contributed by atoms with Gasteiger partial charge >= 0.3 is 5.97 Å². The molecule has 0 spiro atoms. The maximum absolute atomic E-state index is 11.3. The highest BCUT2D eigenvalue weighted by Gasteiger charge is 2.20. The number of carboxylic acids is 1. The Balaban J connectivity index is 2.25. The summed E-state index contributed by atoms with van der Waals surface area (Å²) in [6, 6.07) is 2.02. The van der Waals surface area contributed by atoms with Crippen molar-refractivity contribution < 1.29 is 9.90 Å². The molecule has 1 heterocycles. The molecule has 0 aromatic carbocycles. The van der Waals surface area contributed by atoms with Gasteiger partial charge in [-0.2, -0.15) is 0 Å². The van der Waals surface area contributed by atoms with E-state index in [0.717, 1.165) is 36.9 Å². The summed E-state index contributed by atoms with van der Waals surface area (Å²) in [4.78, 5) is 15.9. The monoisotopic (exact) mass is 262 g/mol. The topological polar surface area (TPSA) is 62.2 Å². The van der Waals surface area contributed by atoms with Gasteiger partial charge in [0.25, 0.3) is 0 Å². The highest BCUT2D eigenvalue weighted by atomic mass is 16.4. The van der Waals surface area contributed by atoms with Crippen molar-refractivity contribution in [3.8, 4) is 0 Å². The molecule has 1 aromatic heterocycles. The third-order valence-corrected chi connectivity index (χ3v) is 3.49. The largest absolute Gasteiger partial charge is 0.478 e. The van der Waals surface area contributed by atoms with Crippen LogP contribution in [0.5, 0.6) is 0 Å². The lowest BCUT2D eigenvalue weighted by molar-refractivity contribution is 0.0697. The predicted molar refractivity (Wildman–Crippen MR) is 75.8 cm³/mol. The number of aromatic carboxylic acids is 1. The van der Waals surface area contributed by atoms with Crippen LogP contribution in [0.25, 0.3) is 0 Å². The molecular weight excluding hydrogens is 240 g/mol. The van der Waals surface area contributed by atoms with Crippen molar-refractivity contribution in [1.82, 2.24) is 4.98 Å². The van der Waals surface area contributed by atoms with Crippen LogP contribution in [0.1, 0.15) is 55.2 Å². The highest BCUT2D eigenvalue weighted by Crippen LogP contribution is 2.26. The van der Waals surface area contributed by atoms with Crippen molar-refractivity contribution >= 4 is 11.8 Å². The summed E-state index contributed by atoms with van der Waals surface area (Å²) in [6.45, 7) is 6.39. The lowest BCUT2D eigenvalue weighted by atomic mass is 10.0. The maximum atomic E-state index is 11.3. The van der Waals surface area contributed by atoms with Crippen LogP contribution in [0.2, 0.25) is 0 Å². The van der Waals surface area contributed by atoms with Gasteiger partial charge in [-0.1, -0.05) is 13.8 Å². The third-order valence-electron chi connectivity index (χ3n) is 3.49. The van der Waals surface area contributed by atoms with E-state index in [1.807, 2.05) is 0 Å². The predicted octanol–water partition coefficient (Wildman–Crippen LogP) is 3.12. The van der Waals surface area contributed by atoms with E-state index in [-0.39, 0.29) is 6.04 Å². The van der Waals surface area contributed by atoms with Gasteiger partial charge in [-0.3, -0.25) is 0 Å². The summed E-state index contributed by atoms with van der Waals surface area (Å²) in [5.41, 5.74) is 2.46. The van der Waals surface area contributed by atoms with Crippen LogP contribution in [-0.4, -0.2) is 22.1 Å². The van der Waals surface area contributed by atoms with Gasteiger partial charge in [0.1, 0.15) is 11.4 Å². The van der Waals surface area contributed by atoms with Crippen LogP contribution in [-0.2, 0) is 12.8 Å². The Hall–Kier alpha value is -1.58. The van der Waals surface area contributed by atoms with E-state index >= 15 is 0 Å². The molecular formula is C15H22N2O2. The summed E-state index contributed by atoms with van der Waals surface area (Å²) in [5, 5.41) is 12.6. The number of carbonyl (C=O) groups is 1. The van der Waals surface area contributed by atoms with Crippen LogP contribution >= 0.6 is 0 Å². The van der Waals surface area contributed by atoms with Gasteiger partial charge in [-0.05, 0) is 50.2 Å². The van der Waals surface area contributed by atoms with Gasteiger partial charge in [0.15, 0.2) is 0 Å². The number of carboxylic acid groups (broad SMARTS) is 1. The normalized spacial score (nSPS) is 15.4. The third kappa shape index (κ3) is 3.25. The molecule has 0 fully saturated rings. The van der Waals surface area contributed by atoms with Crippen molar-refractivity contribution in [1.29, 1.82) is 0 Å². The van der Waals surface area contributed by atoms with E-state index in [0.29, 0.717) is 17.3 Å². The van der Waals surface area contributed by atoms with Crippen molar-refractivity contribution in [3.05, 3.63) is 22.9 Å². The minimum absolute atomic E-state index is 0.227. The second kappa shape index (κ2) is 5.59.